The number of aryl methyl sites for hydroxylation is 2. The molecule has 1 heterocycles. The molecule has 0 spiro atoms. The SMILES string of the molecule is COc1cccc(CCC(=O)Nc2nc3ccc(C)cc3s2)c1. The minimum absolute atomic E-state index is 0.0244. The number of aromatic nitrogens is 1. The lowest BCUT2D eigenvalue weighted by Gasteiger charge is -2.04. The van der Waals surface area contributed by atoms with Gasteiger partial charge in [-0.15, -0.1) is 0 Å². The van der Waals surface area contributed by atoms with Crippen LogP contribution in [-0.2, 0) is 11.2 Å². The molecule has 0 unspecified atom stereocenters. The average Bonchev–Trinajstić information content (AvgIpc) is 2.94. The first-order valence-electron chi connectivity index (χ1n) is 7.44. The van der Waals surface area contributed by atoms with Crippen LogP contribution in [0.2, 0.25) is 0 Å². The highest BCUT2D eigenvalue weighted by Gasteiger charge is 2.08. The molecule has 0 aliphatic carbocycles. The Labute approximate surface area is 139 Å². The minimum atomic E-state index is -0.0244. The highest BCUT2D eigenvalue weighted by atomic mass is 32.1. The quantitative estimate of drug-likeness (QED) is 0.765. The van der Waals surface area contributed by atoms with Crippen molar-refractivity contribution in [2.45, 2.75) is 19.8 Å². The highest BCUT2D eigenvalue weighted by molar-refractivity contribution is 7.22. The Bertz CT molecular complexity index is 842. The summed E-state index contributed by atoms with van der Waals surface area (Å²) in [4.78, 5) is 16.6. The van der Waals surface area contributed by atoms with Gasteiger partial charge in [-0.05, 0) is 48.7 Å². The number of carbonyl (C=O) groups excluding carboxylic acids is 1. The summed E-state index contributed by atoms with van der Waals surface area (Å²) < 4.78 is 6.28. The molecule has 4 nitrogen and oxygen atoms in total. The number of benzene rings is 2. The Kier molecular flexibility index (Phi) is 4.57. The number of anilines is 1. The van der Waals surface area contributed by atoms with Crippen molar-refractivity contribution in [1.29, 1.82) is 0 Å². The molecule has 1 amide bonds. The fourth-order valence-corrected chi connectivity index (χ4v) is 3.33. The van der Waals surface area contributed by atoms with Gasteiger partial charge in [0.2, 0.25) is 5.91 Å². The van der Waals surface area contributed by atoms with E-state index in [0.717, 1.165) is 21.5 Å². The molecule has 0 radical (unpaired) electrons. The monoisotopic (exact) mass is 326 g/mol. The van der Waals surface area contributed by atoms with E-state index in [1.54, 1.807) is 7.11 Å². The second-order valence-electron chi connectivity index (χ2n) is 5.39. The Balaban J connectivity index is 1.61. The number of fused-ring (bicyclic) bond motifs is 1. The Morgan fingerprint density at radius 1 is 1.26 bits per heavy atom. The molecule has 3 aromatic rings. The number of amides is 1. The van der Waals surface area contributed by atoms with Crippen LogP contribution in [0.1, 0.15) is 17.5 Å². The Hall–Kier alpha value is -2.40. The van der Waals surface area contributed by atoms with Crippen molar-refractivity contribution in [1.82, 2.24) is 4.98 Å². The van der Waals surface area contributed by atoms with Gasteiger partial charge in [0.1, 0.15) is 5.75 Å². The zero-order valence-corrected chi connectivity index (χ0v) is 13.9. The van der Waals surface area contributed by atoms with Gasteiger partial charge in [0.05, 0.1) is 17.3 Å². The molecule has 3 rings (SSSR count). The van der Waals surface area contributed by atoms with E-state index in [2.05, 4.69) is 16.4 Å². The summed E-state index contributed by atoms with van der Waals surface area (Å²) in [6.07, 6.45) is 1.09. The van der Waals surface area contributed by atoms with Crippen LogP contribution in [-0.4, -0.2) is 18.0 Å². The molecular weight excluding hydrogens is 308 g/mol. The van der Waals surface area contributed by atoms with Crippen LogP contribution in [0.15, 0.2) is 42.5 Å². The number of ether oxygens (including phenoxy) is 1. The maximum Gasteiger partial charge on any atom is 0.226 e. The standard InChI is InChI=1S/C18H18N2O2S/c1-12-6-8-15-16(10-12)23-18(19-15)20-17(21)9-7-13-4-3-5-14(11-13)22-2/h3-6,8,10-11H,7,9H2,1-2H3,(H,19,20,21). The topological polar surface area (TPSA) is 51.2 Å². The van der Waals surface area contributed by atoms with Gasteiger partial charge in [-0.2, -0.15) is 0 Å². The van der Waals surface area contributed by atoms with Crippen molar-refractivity contribution < 1.29 is 9.53 Å². The zero-order chi connectivity index (χ0) is 16.2. The summed E-state index contributed by atoms with van der Waals surface area (Å²) in [7, 11) is 1.64. The normalized spacial score (nSPS) is 10.7. The van der Waals surface area contributed by atoms with Crippen molar-refractivity contribution in [3.05, 3.63) is 53.6 Å². The molecule has 2 aromatic carbocycles. The zero-order valence-electron chi connectivity index (χ0n) is 13.1. The van der Waals surface area contributed by atoms with Gasteiger partial charge in [0, 0.05) is 6.42 Å². The molecule has 0 aliphatic rings. The molecule has 0 saturated heterocycles. The second kappa shape index (κ2) is 6.79. The van der Waals surface area contributed by atoms with Crippen molar-refractivity contribution in [2.75, 3.05) is 12.4 Å². The van der Waals surface area contributed by atoms with Crippen LogP contribution >= 0.6 is 11.3 Å². The predicted octanol–water partition coefficient (Wildman–Crippen LogP) is 4.18. The number of hydrogen-bond acceptors (Lipinski definition) is 4. The van der Waals surface area contributed by atoms with Gasteiger partial charge in [-0.3, -0.25) is 4.79 Å². The number of hydrogen-bond donors (Lipinski definition) is 1. The lowest BCUT2D eigenvalue weighted by atomic mass is 10.1. The molecule has 23 heavy (non-hydrogen) atoms. The van der Waals surface area contributed by atoms with E-state index < -0.39 is 0 Å². The van der Waals surface area contributed by atoms with E-state index in [4.69, 9.17) is 4.74 Å². The fraction of sp³-hybridized carbons (Fsp3) is 0.222. The summed E-state index contributed by atoms with van der Waals surface area (Å²) in [6.45, 7) is 2.05. The molecule has 5 heteroatoms. The van der Waals surface area contributed by atoms with E-state index in [1.165, 1.54) is 16.9 Å². The van der Waals surface area contributed by atoms with Crippen LogP contribution in [0, 0.1) is 6.92 Å². The summed E-state index contributed by atoms with van der Waals surface area (Å²) in [5.41, 5.74) is 3.19. The second-order valence-corrected chi connectivity index (χ2v) is 6.42. The Morgan fingerprint density at radius 2 is 2.13 bits per heavy atom. The van der Waals surface area contributed by atoms with Gasteiger partial charge in [-0.1, -0.05) is 29.5 Å². The molecule has 1 N–H and O–H groups in total. The summed E-state index contributed by atoms with van der Waals surface area (Å²) in [6, 6.07) is 13.9. The fourth-order valence-electron chi connectivity index (χ4n) is 2.35. The van der Waals surface area contributed by atoms with Crippen molar-refractivity contribution in [2.24, 2.45) is 0 Å². The van der Waals surface area contributed by atoms with Gasteiger partial charge in [0.25, 0.3) is 0 Å². The molecule has 118 valence electrons. The third kappa shape index (κ3) is 3.87. The van der Waals surface area contributed by atoms with Gasteiger partial charge in [-0.25, -0.2) is 4.98 Å². The van der Waals surface area contributed by atoms with Crippen LogP contribution in [0.4, 0.5) is 5.13 Å². The number of thiazole rings is 1. The van der Waals surface area contributed by atoms with Crippen molar-refractivity contribution in [3.63, 3.8) is 0 Å². The molecule has 0 saturated carbocycles. The number of rotatable bonds is 5. The summed E-state index contributed by atoms with van der Waals surface area (Å²) >= 11 is 1.50. The van der Waals surface area contributed by atoms with E-state index in [1.807, 2.05) is 43.3 Å². The van der Waals surface area contributed by atoms with Gasteiger partial charge in [0.15, 0.2) is 5.13 Å². The van der Waals surface area contributed by atoms with E-state index >= 15 is 0 Å². The lowest BCUT2D eigenvalue weighted by Crippen LogP contribution is -2.12. The molecule has 1 aromatic heterocycles. The van der Waals surface area contributed by atoms with E-state index in [0.29, 0.717) is 18.0 Å². The third-order valence-corrected chi connectivity index (χ3v) is 4.50. The molecule has 0 bridgehead atoms. The average molecular weight is 326 g/mol. The highest BCUT2D eigenvalue weighted by Crippen LogP contribution is 2.26. The van der Waals surface area contributed by atoms with E-state index in [-0.39, 0.29) is 5.91 Å². The molecular formula is C18H18N2O2S. The van der Waals surface area contributed by atoms with E-state index in [9.17, 15) is 4.79 Å². The number of nitrogens with zero attached hydrogens (tertiary/aromatic N) is 1. The largest absolute Gasteiger partial charge is 0.497 e. The predicted molar refractivity (Wildman–Crippen MR) is 94.3 cm³/mol. The summed E-state index contributed by atoms with van der Waals surface area (Å²) in [5.74, 6) is 0.785. The smallest absolute Gasteiger partial charge is 0.226 e. The maximum atomic E-state index is 12.1. The first-order chi connectivity index (χ1) is 11.1. The van der Waals surface area contributed by atoms with Crippen LogP contribution < -0.4 is 10.1 Å². The number of methoxy groups -OCH3 is 1. The van der Waals surface area contributed by atoms with Crippen LogP contribution in [0.5, 0.6) is 5.75 Å². The third-order valence-electron chi connectivity index (χ3n) is 3.57. The summed E-state index contributed by atoms with van der Waals surface area (Å²) in [5, 5.41) is 3.54. The Morgan fingerprint density at radius 3 is 2.96 bits per heavy atom. The number of nitrogens with one attached hydrogen (secondary N) is 1. The van der Waals surface area contributed by atoms with Gasteiger partial charge >= 0.3 is 0 Å². The van der Waals surface area contributed by atoms with Crippen LogP contribution in [0.25, 0.3) is 10.2 Å². The first kappa shape index (κ1) is 15.5. The van der Waals surface area contributed by atoms with Crippen molar-refractivity contribution >= 4 is 32.6 Å². The molecule has 0 atom stereocenters. The molecule has 0 aliphatic heterocycles. The molecule has 0 fully saturated rings. The lowest BCUT2D eigenvalue weighted by molar-refractivity contribution is -0.116. The first-order valence-corrected chi connectivity index (χ1v) is 8.25. The number of carbonyl (C=O) groups is 1. The van der Waals surface area contributed by atoms with Crippen molar-refractivity contribution in [3.8, 4) is 5.75 Å². The van der Waals surface area contributed by atoms with Gasteiger partial charge < -0.3 is 10.1 Å². The van der Waals surface area contributed by atoms with Crippen LogP contribution in [0.3, 0.4) is 0 Å². The maximum absolute atomic E-state index is 12.1. The minimum Gasteiger partial charge on any atom is -0.497 e.